The van der Waals surface area contributed by atoms with Crippen LogP contribution in [0, 0.1) is 0 Å². The third-order valence-electron chi connectivity index (χ3n) is 6.42. The lowest BCUT2D eigenvalue weighted by atomic mass is 10.1. The van der Waals surface area contributed by atoms with Crippen LogP contribution < -0.4 is 11.1 Å². The molecule has 0 fully saturated rings. The number of rotatable bonds is 23. The average Bonchev–Trinajstić information content (AvgIpc) is 2.88. The number of unbranched alkanes of at least 4 members (excludes halogenated alkanes) is 8. The van der Waals surface area contributed by atoms with E-state index in [1.165, 1.54) is 57.8 Å². The number of carbonyl (C=O) groups is 3. The molecule has 3 N–H and O–H groups in total. The third kappa shape index (κ3) is 30.9. The predicted octanol–water partition coefficient (Wildman–Crippen LogP) is 8.38. The second-order valence-electron chi connectivity index (χ2n) is 11.9. The molecule has 0 aliphatic carbocycles. The van der Waals surface area contributed by atoms with Crippen LogP contribution >= 0.6 is 0 Å². The molecular formula is C33H66N2O6. The fourth-order valence-electron chi connectivity index (χ4n) is 4.31. The van der Waals surface area contributed by atoms with Crippen molar-refractivity contribution in [2.45, 2.75) is 182 Å². The second-order valence-corrected chi connectivity index (χ2v) is 11.9. The van der Waals surface area contributed by atoms with Crippen molar-refractivity contribution < 1.29 is 28.6 Å². The Kier molecular flexibility index (Phi) is 28.5. The van der Waals surface area contributed by atoms with Crippen LogP contribution in [-0.4, -0.2) is 48.9 Å². The van der Waals surface area contributed by atoms with Crippen molar-refractivity contribution in [3.8, 4) is 0 Å². The van der Waals surface area contributed by atoms with Gasteiger partial charge < -0.3 is 25.3 Å². The van der Waals surface area contributed by atoms with Crippen molar-refractivity contribution in [3.63, 3.8) is 0 Å². The van der Waals surface area contributed by atoms with E-state index in [0.717, 1.165) is 44.9 Å². The summed E-state index contributed by atoms with van der Waals surface area (Å²) in [5.74, 6) is -0.391. The maximum Gasteiger partial charge on any atom is 0.407 e. The van der Waals surface area contributed by atoms with Gasteiger partial charge in [-0.3, -0.25) is 9.59 Å². The first-order valence-electron chi connectivity index (χ1n) is 16.6. The zero-order valence-electron chi connectivity index (χ0n) is 27.8. The van der Waals surface area contributed by atoms with Gasteiger partial charge in [-0.25, -0.2) is 4.79 Å². The first kappa shape index (κ1) is 41.3. The molecule has 244 valence electrons. The van der Waals surface area contributed by atoms with E-state index in [1.54, 1.807) is 20.8 Å². The number of hydrogen-bond donors (Lipinski definition) is 2. The summed E-state index contributed by atoms with van der Waals surface area (Å²) < 4.78 is 16.1. The van der Waals surface area contributed by atoms with Gasteiger partial charge in [0.2, 0.25) is 0 Å². The van der Waals surface area contributed by atoms with Gasteiger partial charge in [-0.15, -0.1) is 0 Å². The van der Waals surface area contributed by atoms with Crippen LogP contribution in [0.4, 0.5) is 4.79 Å². The summed E-state index contributed by atoms with van der Waals surface area (Å²) in [6.07, 6.45) is 18.4. The van der Waals surface area contributed by atoms with E-state index in [4.69, 9.17) is 19.9 Å². The Morgan fingerprint density at radius 1 is 0.634 bits per heavy atom. The number of hydrogen-bond acceptors (Lipinski definition) is 7. The number of carbonyl (C=O) groups excluding carboxylic acids is 3. The van der Waals surface area contributed by atoms with Crippen LogP contribution in [-0.2, 0) is 23.8 Å². The average molecular weight is 587 g/mol. The SMILES string of the molecule is CCCCCCCC(CCC)OC(=O)CCN.CCCCCCCC(CCC)OC(=O)CCNC(=O)OC(C)(C)C. The molecule has 0 aliphatic rings. The topological polar surface area (TPSA) is 117 Å². The number of nitrogens with two attached hydrogens (primary N) is 1. The molecule has 0 saturated carbocycles. The smallest absolute Gasteiger partial charge is 0.407 e. The summed E-state index contributed by atoms with van der Waals surface area (Å²) >= 11 is 0. The highest BCUT2D eigenvalue weighted by atomic mass is 16.6. The van der Waals surface area contributed by atoms with Gasteiger partial charge in [-0.2, -0.15) is 0 Å². The summed E-state index contributed by atoms with van der Waals surface area (Å²) in [7, 11) is 0. The van der Waals surface area contributed by atoms with Gasteiger partial charge in [0.05, 0.1) is 12.8 Å². The van der Waals surface area contributed by atoms with Gasteiger partial charge in [-0.05, 0) is 59.3 Å². The van der Waals surface area contributed by atoms with Gasteiger partial charge in [0.25, 0.3) is 0 Å². The number of esters is 2. The zero-order valence-corrected chi connectivity index (χ0v) is 27.8. The van der Waals surface area contributed by atoms with E-state index in [1.807, 2.05) is 0 Å². The summed E-state index contributed by atoms with van der Waals surface area (Å²) in [5.41, 5.74) is 4.80. The maximum absolute atomic E-state index is 11.9. The Hall–Kier alpha value is -1.83. The highest BCUT2D eigenvalue weighted by molar-refractivity contribution is 5.72. The molecule has 8 nitrogen and oxygen atoms in total. The Morgan fingerprint density at radius 3 is 1.46 bits per heavy atom. The monoisotopic (exact) mass is 586 g/mol. The van der Waals surface area contributed by atoms with Gasteiger partial charge >= 0.3 is 18.0 Å². The fraction of sp³-hybridized carbons (Fsp3) is 0.909. The molecule has 2 atom stereocenters. The van der Waals surface area contributed by atoms with E-state index in [0.29, 0.717) is 13.0 Å². The summed E-state index contributed by atoms with van der Waals surface area (Å²) in [6.45, 7) is 14.7. The van der Waals surface area contributed by atoms with Crippen molar-refractivity contribution in [1.82, 2.24) is 5.32 Å². The van der Waals surface area contributed by atoms with E-state index >= 15 is 0 Å². The number of alkyl carbamates (subject to hydrolysis) is 1. The van der Waals surface area contributed by atoms with Gasteiger partial charge in [-0.1, -0.05) is 91.9 Å². The van der Waals surface area contributed by atoms with E-state index in [2.05, 4.69) is 33.0 Å². The molecule has 0 radical (unpaired) electrons. The van der Waals surface area contributed by atoms with Gasteiger partial charge in [0.15, 0.2) is 0 Å². The number of nitrogens with one attached hydrogen (secondary N) is 1. The lowest BCUT2D eigenvalue weighted by molar-refractivity contribution is -0.150. The first-order valence-corrected chi connectivity index (χ1v) is 16.6. The molecule has 8 heteroatoms. The largest absolute Gasteiger partial charge is 0.462 e. The third-order valence-corrected chi connectivity index (χ3v) is 6.42. The van der Waals surface area contributed by atoms with Crippen LogP contribution in [0.3, 0.4) is 0 Å². The number of ether oxygens (including phenoxy) is 3. The van der Waals surface area contributed by atoms with Crippen LogP contribution in [0.25, 0.3) is 0 Å². The van der Waals surface area contributed by atoms with Crippen molar-refractivity contribution >= 4 is 18.0 Å². The second kappa shape index (κ2) is 28.3. The number of amides is 1. The molecule has 0 aromatic carbocycles. The molecule has 0 aliphatic heterocycles. The fourth-order valence-corrected chi connectivity index (χ4v) is 4.31. The molecule has 0 aromatic heterocycles. The van der Waals surface area contributed by atoms with Crippen molar-refractivity contribution in [1.29, 1.82) is 0 Å². The molecular weight excluding hydrogens is 520 g/mol. The Morgan fingerprint density at radius 2 is 1.07 bits per heavy atom. The molecule has 41 heavy (non-hydrogen) atoms. The standard InChI is InChI=1S/C19H37NO4.C14H29NO2/c1-6-8-9-10-11-13-16(12-7-2)23-17(21)14-15-20-18(22)24-19(3,4)5;1-3-5-6-7-8-10-13(9-4-2)17-14(16)11-12-15/h16H,6-15H2,1-5H3,(H,20,22);13H,3-12,15H2,1-2H3. The normalized spacial score (nSPS) is 12.5. The minimum absolute atomic E-state index is 0.00523. The van der Waals surface area contributed by atoms with Gasteiger partial charge in [0, 0.05) is 13.1 Å². The van der Waals surface area contributed by atoms with E-state index in [9.17, 15) is 14.4 Å². The molecule has 2 unspecified atom stereocenters. The highest BCUT2D eigenvalue weighted by Gasteiger charge is 2.17. The van der Waals surface area contributed by atoms with Crippen molar-refractivity contribution in [3.05, 3.63) is 0 Å². The van der Waals surface area contributed by atoms with Gasteiger partial charge in [0.1, 0.15) is 17.8 Å². The lowest BCUT2D eigenvalue weighted by Gasteiger charge is -2.20. The highest BCUT2D eigenvalue weighted by Crippen LogP contribution is 2.15. The summed E-state index contributed by atoms with van der Waals surface area (Å²) in [4.78, 5) is 34.8. The Bertz CT molecular complexity index is 636. The van der Waals surface area contributed by atoms with Crippen LogP contribution in [0.2, 0.25) is 0 Å². The first-order chi connectivity index (χ1) is 19.5. The van der Waals surface area contributed by atoms with E-state index in [-0.39, 0.29) is 37.1 Å². The minimum atomic E-state index is -0.533. The lowest BCUT2D eigenvalue weighted by Crippen LogP contribution is -2.34. The predicted molar refractivity (Wildman–Crippen MR) is 169 cm³/mol. The van der Waals surface area contributed by atoms with Crippen LogP contribution in [0.5, 0.6) is 0 Å². The molecule has 0 heterocycles. The van der Waals surface area contributed by atoms with Crippen molar-refractivity contribution in [2.75, 3.05) is 13.1 Å². The Labute approximate surface area is 252 Å². The maximum atomic E-state index is 11.9. The summed E-state index contributed by atoms with van der Waals surface area (Å²) in [5, 5.41) is 2.58. The minimum Gasteiger partial charge on any atom is -0.462 e. The molecule has 0 bridgehead atoms. The summed E-state index contributed by atoms with van der Waals surface area (Å²) in [6, 6.07) is 0. The zero-order chi connectivity index (χ0) is 31.4. The van der Waals surface area contributed by atoms with Crippen molar-refractivity contribution in [2.24, 2.45) is 5.73 Å². The van der Waals surface area contributed by atoms with E-state index < -0.39 is 11.7 Å². The van der Waals surface area contributed by atoms with Crippen LogP contribution in [0.15, 0.2) is 0 Å². The Balaban J connectivity index is 0. The molecule has 0 spiro atoms. The molecule has 0 aromatic rings. The molecule has 0 saturated heterocycles. The van der Waals surface area contributed by atoms with Crippen LogP contribution in [0.1, 0.15) is 164 Å². The molecule has 0 rings (SSSR count). The molecule has 1 amide bonds. The quantitative estimate of drug-likeness (QED) is 0.0701.